The van der Waals surface area contributed by atoms with Gasteiger partial charge in [-0.1, -0.05) is 0 Å². The molecular weight excluding hydrogens is 365 g/mol. The Labute approximate surface area is 159 Å². The lowest BCUT2D eigenvalue weighted by Crippen LogP contribution is -2.45. The van der Waals surface area contributed by atoms with Gasteiger partial charge in [-0.15, -0.1) is 24.8 Å². The fourth-order valence-electron chi connectivity index (χ4n) is 2.33. The maximum Gasteiger partial charge on any atom is 0.254 e. The van der Waals surface area contributed by atoms with Crippen LogP contribution in [0.3, 0.4) is 0 Å². The molecule has 1 unspecified atom stereocenters. The molecule has 1 aromatic carbocycles. The van der Waals surface area contributed by atoms with E-state index in [-0.39, 0.29) is 30.7 Å². The summed E-state index contributed by atoms with van der Waals surface area (Å²) in [7, 11) is 0. The van der Waals surface area contributed by atoms with E-state index >= 15 is 0 Å². The summed E-state index contributed by atoms with van der Waals surface area (Å²) in [5.41, 5.74) is 1.65. The number of aryl methyl sites for hydroxylation is 1. The Morgan fingerprint density at radius 2 is 2.20 bits per heavy atom. The van der Waals surface area contributed by atoms with E-state index in [0.29, 0.717) is 18.9 Å². The number of rotatable bonds is 4. The maximum atomic E-state index is 12.1. The van der Waals surface area contributed by atoms with Crippen molar-refractivity contribution in [1.29, 1.82) is 0 Å². The van der Waals surface area contributed by atoms with Gasteiger partial charge in [0, 0.05) is 25.0 Å². The molecule has 1 atom stereocenters. The Morgan fingerprint density at radius 3 is 2.84 bits per heavy atom. The fraction of sp³-hybridized carbons (Fsp3) is 0.294. The fourth-order valence-corrected chi connectivity index (χ4v) is 2.33. The first-order valence-electron chi connectivity index (χ1n) is 7.54. The molecule has 136 valence electrons. The van der Waals surface area contributed by atoms with E-state index in [1.54, 1.807) is 12.4 Å². The predicted molar refractivity (Wildman–Crippen MR) is 101 cm³/mol. The van der Waals surface area contributed by atoms with Gasteiger partial charge in [0.25, 0.3) is 5.91 Å². The number of carbonyl (C=O) groups excluding carboxylic acids is 1. The highest BCUT2D eigenvalue weighted by atomic mass is 35.5. The number of anilines is 1. The molecule has 0 aliphatic carbocycles. The molecule has 0 spiro atoms. The third-order valence-electron chi connectivity index (χ3n) is 3.52. The highest BCUT2D eigenvalue weighted by Crippen LogP contribution is 2.26. The summed E-state index contributed by atoms with van der Waals surface area (Å²) in [5.74, 6) is 1.26. The van der Waals surface area contributed by atoms with Crippen molar-refractivity contribution >= 4 is 36.4 Å². The van der Waals surface area contributed by atoms with Crippen LogP contribution in [0, 0.1) is 6.92 Å². The topological polar surface area (TPSA) is 72.5 Å². The third-order valence-corrected chi connectivity index (χ3v) is 3.52. The predicted octanol–water partition coefficient (Wildman–Crippen LogP) is 2.95. The zero-order chi connectivity index (χ0) is 16.1. The van der Waals surface area contributed by atoms with Crippen LogP contribution in [0.15, 0.2) is 42.7 Å². The molecule has 6 nitrogen and oxygen atoms in total. The van der Waals surface area contributed by atoms with Crippen molar-refractivity contribution in [3.8, 4) is 11.5 Å². The zero-order valence-electron chi connectivity index (χ0n) is 13.7. The Hall–Kier alpha value is -1.86. The molecule has 3 rings (SSSR count). The molecule has 1 amide bonds. The highest BCUT2D eigenvalue weighted by molar-refractivity contribution is 5.94. The number of amides is 1. The number of hydrogen-bond acceptors (Lipinski definition) is 5. The van der Waals surface area contributed by atoms with Crippen molar-refractivity contribution < 1.29 is 14.3 Å². The lowest BCUT2D eigenvalue weighted by Gasteiger charge is -2.22. The summed E-state index contributed by atoms with van der Waals surface area (Å²) in [6.07, 6.45) is 2.90. The van der Waals surface area contributed by atoms with Gasteiger partial charge in [-0.3, -0.25) is 9.78 Å². The van der Waals surface area contributed by atoms with E-state index in [4.69, 9.17) is 9.47 Å². The number of morpholine rings is 1. The standard InChI is InChI=1S/C17H19N3O3.2ClH/c1-12-9-13(20-17(21)16-11-19-7-8-22-16)4-5-15(12)23-14-3-2-6-18-10-14;;/h2-6,9-10,16,19H,7-8,11H2,1H3,(H,20,21);2*1H. The number of carbonyl (C=O) groups is 1. The van der Waals surface area contributed by atoms with Crippen LogP contribution in [0.2, 0.25) is 0 Å². The van der Waals surface area contributed by atoms with Crippen LogP contribution in [0.25, 0.3) is 0 Å². The molecule has 0 saturated carbocycles. The average molecular weight is 386 g/mol. The second kappa shape index (κ2) is 10.2. The number of hydrogen-bond donors (Lipinski definition) is 2. The number of aromatic nitrogens is 1. The van der Waals surface area contributed by atoms with Crippen molar-refractivity contribution in [2.75, 3.05) is 25.0 Å². The smallest absolute Gasteiger partial charge is 0.254 e. The number of nitrogens with zero attached hydrogens (tertiary/aromatic N) is 1. The number of nitrogens with one attached hydrogen (secondary N) is 2. The molecule has 1 aliphatic rings. The van der Waals surface area contributed by atoms with Crippen molar-refractivity contribution in [3.05, 3.63) is 48.3 Å². The molecule has 1 fully saturated rings. The molecule has 1 aromatic heterocycles. The SMILES string of the molecule is Cc1cc(NC(=O)C2CNCCO2)ccc1Oc1cccnc1.Cl.Cl. The van der Waals surface area contributed by atoms with E-state index in [1.165, 1.54) is 0 Å². The van der Waals surface area contributed by atoms with Gasteiger partial charge in [0.2, 0.25) is 0 Å². The molecule has 8 heteroatoms. The minimum atomic E-state index is -0.449. The second-order valence-corrected chi connectivity index (χ2v) is 5.32. The van der Waals surface area contributed by atoms with E-state index in [2.05, 4.69) is 15.6 Å². The first kappa shape index (κ1) is 21.2. The summed E-state index contributed by atoms with van der Waals surface area (Å²) in [4.78, 5) is 16.2. The minimum Gasteiger partial charge on any atom is -0.455 e. The second-order valence-electron chi connectivity index (χ2n) is 5.32. The molecule has 0 radical (unpaired) electrons. The van der Waals surface area contributed by atoms with Crippen LogP contribution >= 0.6 is 24.8 Å². The Balaban J connectivity index is 0.00000156. The van der Waals surface area contributed by atoms with Crippen LogP contribution < -0.4 is 15.4 Å². The Bertz CT molecular complexity index is 680. The summed E-state index contributed by atoms with van der Waals surface area (Å²) in [6.45, 7) is 3.80. The van der Waals surface area contributed by atoms with Gasteiger partial charge < -0.3 is 20.1 Å². The van der Waals surface area contributed by atoms with Crippen LogP contribution in [0.5, 0.6) is 11.5 Å². The molecule has 0 bridgehead atoms. The van der Waals surface area contributed by atoms with E-state index in [0.717, 1.165) is 23.5 Å². The first-order chi connectivity index (χ1) is 11.2. The number of pyridine rings is 1. The molecule has 25 heavy (non-hydrogen) atoms. The van der Waals surface area contributed by atoms with Crippen molar-refractivity contribution in [1.82, 2.24) is 10.3 Å². The lowest BCUT2D eigenvalue weighted by molar-refractivity contribution is -0.128. The monoisotopic (exact) mass is 385 g/mol. The third kappa shape index (κ3) is 5.86. The van der Waals surface area contributed by atoms with Gasteiger partial charge in [0.05, 0.1) is 12.8 Å². The summed E-state index contributed by atoms with van der Waals surface area (Å²) >= 11 is 0. The lowest BCUT2D eigenvalue weighted by atomic mass is 10.2. The van der Waals surface area contributed by atoms with Gasteiger partial charge in [0.15, 0.2) is 0 Å². The van der Waals surface area contributed by atoms with Crippen molar-refractivity contribution in [2.45, 2.75) is 13.0 Å². The molecule has 2 N–H and O–H groups in total. The van der Waals surface area contributed by atoms with E-state index in [9.17, 15) is 4.79 Å². The van der Waals surface area contributed by atoms with Crippen molar-refractivity contribution in [3.63, 3.8) is 0 Å². The minimum absolute atomic E-state index is 0. The van der Waals surface area contributed by atoms with Gasteiger partial charge in [-0.05, 0) is 42.8 Å². The normalized spacial score (nSPS) is 16.1. The Kier molecular flexibility index (Phi) is 8.65. The van der Waals surface area contributed by atoms with Gasteiger partial charge >= 0.3 is 0 Å². The number of benzene rings is 1. The Morgan fingerprint density at radius 1 is 1.36 bits per heavy atom. The van der Waals surface area contributed by atoms with Crippen LogP contribution in [-0.4, -0.2) is 36.7 Å². The molecular formula is C17H21Cl2N3O3. The van der Waals surface area contributed by atoms with Crippen molar-refractivity contribution in [2.24, 2.45) is 0 Å². The number of ether oxygens (including phenoxy) is 2. The molecule has 2 heterocycles. The summed E-state index contributed by atoms with van der Waals surface area (Å²) < 4.78 is 11.2. The van der Waals surface area contributed by atoms with Gasteiger partial charge in [-0.2, -0.15) is 0 Å². The molecule has 2 aromatic rings. The zero-order valence-corrected chi connectivity index (χ0v) is 15.4. The quantitative estimate of drug-likeness (QED) is 0.846. The van der Waals surface area contributed by atoms with Crippen LogP contribution in [0.1, 0.15) is 5.56 Å². The van der Waals surface area contributed by atoms with Gasteiger partial charge in [-0.25, -0.2) is 0 Å². The van der Waals surface area contributed by atoms with Crippen LogP contribution in [-0.2, 0) is 9.53 Å². The van der Waals surface area contributed by atoms with E-state index in [1.807, 2.05) is 37.3 Å². The maximum absolute atomic E-state index is 12.1. The summed E-state index contributed by atoms with van der Waals surface area (Å²) in [5, 5.41) is 6.01. The average Bonchev–Trinajstić information content (AvgIpc) is 2.59. The van der Waals surface area contributed by atoms with E-state index < -0.39 is 6.10 Å². The highest BCUT2D eigenvalue weighted by Gasteiger charge is 2.21. The molecule has 1 aliphatic heterocycles. The molecule has 1 saturated heterocycles. The number of halogens is 2. The van der Waals surface area contributed by atoms with Gasteiger partial charge in [0.1, 0.15) is 17.6 Å². The first-order valence-corrected chi connectivity index (χ1v) is 7.54. The van der Waals surface area contributed by atoms with Crippen LogP contribution in [0.4, 0.5) is 5.69 Å². The largest absolute Gasteiger partial charge is 0.455 e. The summed E-state index contributed by atoms with van der Waals surface area (Å²) in [6, 6.07) is 9.18.